The van der Waals surface area contributed by atoms with Gasteiger partial charge in [-0.05, 0) is 25.3 Å². The highest BCUT2D eigenvalue weighted by Gasteiger charge is 2.03. The molecule has 0 saturated heterocycles. The summed E-state index contributed by atoms with van der Waals surface area (Å²) in [5.41, 5.74) is 2.38. The molecule has 1 heterocycles. The molecule has 0 aromatic carbocycles. The van der Waals surface area contributed by atoms with Crippen LogP contribution in [0.3, 0.4) is 0 Å². The van der Waals surface area contributed by atoms with Crippen LogP contribution in [-0.2, 0) is 6.42 Å². The standard InChI is InChI=1S/C11H19N3/c1-5-6-7-10-8-12-11(14(3)4)13-9(10)2/h8H,5-7H2,1-4H3. The predicted octanol–water partition coefficient (Wildman–Crippen LogP) is 2.19. The van der Waals surface area contributed by atoms with Crippen molar-refractivity contribution in [1.82, 2.24) is 9.97 Å². The number of unbranched alkanes of at least 4 members (excludes halogenated alkanes) is 1. The van der Waals surface area contributed by atoms with E-state index >= 15 is 0 Å². The smallest absolute Gasteiger partial charge is 0.224 e. The van der Waals surface area contributed by atoms with Crippen molar-refractivity contribution in [3.8, 4) is 0 Å². The summed E-state index contributed by atoms with van der Waals surface area (Å²) in [6, 6.07) is 0. The highest BCUT2D eigenvalue weighted by atomic mass is 15.2. The molecule has 0 N–H and O–H groups in total. The van der Waals surface area contributed by atoms with Crippen molar-refractivity contribution in [2.45, 2.75) is 33.1 Å². The molecule has 0 bridgehead atoms. The summed E-state index contributed by atoms with van der Waals surface area (Å²) in [7, 11) is 3.92. The molecule has 1 aromatic rings. The largest absolute Gasteiger partial charge is 0.347 e. The molecule has 0 saturated carbocycles. The van der Waals surface area contributed by atoms with Gasteiger partial charge in [-0.25, -0.2) is 9.97 Å². The third-order valence-corrected chi connectivity index (χ3v) is 2.27. The number of hydrogen-bond donors (Lipinski definition) is 0. The van der Waals surface area contributed by atoms with E-state index in [0.29, 0.717) is 0 Å². The molecule has 0 fully saturated rings. The quantitative estimate of drug-likeness (QED) is 0.734. The fraction of sp³-hybridized carbons (Fsp3) is 0.636. The van der Waals surface area contributed by atoms with Crippen LogP contribution in [0.4, 0.5) is 5.95 Å². The predicted molar refractivity (Wildman–Crippen MR) is 59.7 cm³/mol. The van der Waals surface area contributed by atoms with Gasteiger partial charge in [-0.3, -0.25) is 0 Å². The maximum Gasteiger partial charge on any atom is 0.224 e. The Hall–Kier alpha value is -1.12. The van der Waals surface area contributed by atoms with E-state index < -0.39 is 0 Å². The van der Waals surface area contributed by atoms with Crippen molar-refractivity contribution >= 4 is 5.95 Å². The Bertz CT molecular complexity index is 295. The first-order valence-electron chi connectivity index (χ1n) is 5.15. The molecule has 1 aromatic heterocycles. The maximum absolute atomic E-state index is 4.44. The number of rotatable bonds is 4. The van der Waals surface area contributed by atoms with Gasteiger partial charge in [-0.15, -0.1) is 0 Å². The van der Waals surface area contributed by atoms with Crippen molar-refractivity contribution in [2.24, 2.45) is 0 Å². The Kier molecular flexibility index (Phi) is 3.86. The van der Waals surface area contributed by atoms with Gasteiger partial charge in [0.25, 0.3) is 0 Å². The van der Waals surface area contributed by atoms with Gasteiger partial charge in [-0.2, -0.15) is 0 Å². The summed E-state index contributed by atoms with van der Waals surface area (Å²) in [4.78, 5) is 10.7. The first kappa shape index (κ1) is 11.0. The SMILES string of the molecule is CCCCc1cnc(N(C)C)nc1C. The molecule has 0 amide bonds. The second-order valence-corrected chi connectivity index (χ2v) is 3.78. The van der Waals surface area contributed by atoms with Gasteiger partial charge in [0.1, 0.15) is 0 Å². The van der Waals surface area contributed by atoms with Crippen LogP contribution >= 0.6 is 0 Å². The van der Waals surface area contributed by atoms with E-state index in [9.17, 15) is 0 Å². The first-order chi connectivity index (χ1) is 6.65. The second kappa shape index (κ2) is 4.94. The zero-order chi connectivity index (χ0) is 10.6. The molecule has 0 aliphatic carbocycles. The van der Waals surface area contributed by atoms with Gasteiger partial charge in [0.15, 0.2) is 0 Å². The van der Waals surface area contributed by atoms with E-state index in [2.05, 4.69) is 23.8 Å². The first-order valence-corrected chi connectivity index (χ1v) is 5.15. The second-order valence-electron chi connectivity index (χ2n) is 3.78. The molecule has 3 heteroatoms. The zero-order valence-corrected chi connectivity index (χ0v) is 9.54. The molecule has 0 aliphatic heterocycles. The Morgan fingerprint density at radius 1 is 1.36 bits per heavy atom. The average Bonchev–Trinajstić information content (AvgIpc) is 2.15. The molecule has 3 nitrogen and oxygen atoms in total. The minimum atomic E-state index is 0.794. The lowest BCUT2D eigenvalue weighted by molar-refractivity contribution is 0.779. The Morgan fingerprint density at radius 2 is 2.07 bits per heavy atom. The van der Waals surface area contributed by atoms with Crippen LogP contribution in [0.2, 0.25) is 0 Å². The van der Waals surface area contributed by atoms with Crippen LogP contribution in [0, 0.1) is 6.92 Å². The third-order valence-electron chi connectivity index (χ3n) is 2.27. The van der Waals surface area contributed by atoms with Gasteiger partial charge in [0.05, 0.1) is 0 Å². The molecule has 0 radical (unpaired) electrons. The Morgan fingerprint density at radius 3 is 2.57 bits per heavy atom. The van der Waals surface area contributed by atoms with Crippen molar-refractivity contribution in [3.63, 3.8) is 0 Å². The molecule has 0 spiro atoms. The summed E-state index contributed by atoms with van der Waals surface area (Å²) >= 11 is 0. The van der Waals surface area contributed by atoms with E-state index in [1.54, 1.807) is 0 Å². The molecule has 0 aliphatic rings. The summed E-state index contributed by atoms with van der Waals surface area (Å²) < 4.78 is 0. The van der Waals surface area contributed by atoms with Gasteiger partial charge < -0.3 is 4.90 Å². The number of aryl methyl sites for hydroxylation is 2. The summed E-state index contributed by atoms with van der Waals surface area (Å²) in [5, 5.41) is 0. The molecule has 78 valence electrons. The van der Waals surface area contributed by atoms with E-state index in [0.717, 1.165) is 18.1 Å². The summed E-state index contributed by atoms with van der Waals surface area (Å²) in [6.45, 7) is 4.25. The highest BCUT2D eigenvalue weighted by Crippen LogP contribution is 2.11. The molecular formula is C11H19N3. The van der Waals surface area contributed by atoms with Crippen molar-refractivity contribution < 1.29 is 0 Å². The number of anilines is 1. The zero-order valence-electron chi connectivity index (χ0n) is 9.54. The lowest BCUT2D eigenvalue weighted by Crippen LogP contribution is -2.13. The van der Waals surface area contributed by atoms with E-state index in [-0.39, 0.29) is 0 Å². The van der Waals surface area contributed by atoms with Crippen LogP contribution in [0.1, 0.15) is 31.0 Å². The molecule has 0 atom stereocenters. The van der Waals surface area contributed by atoms with Crippen molar-refractivity contribution in [3.05, 3.63) is 17.5 Å². The fourth-order valence-corrected chi connectivity index (χ4v) is 1.31. The van der Waals surface area contributed by atoms with Gasteiger partial charge >= 0.3 is 0 Å². The van der Waals surface area contributed by atoms with Gasteiger partial charge in [-0.1, -0.05) is 13.3 Å². The van der Waals surface area contributed by atoms with Crippen molar-refractivity contribution in [1.29, 1.82) is 0 Å². The maximum atomic E-state index is 4.44. The lowest BCUT2D eigenvalue weighted by Gasteiger charge is -2.12. The minimum absolute atomic E-state index is 0.794. The van der Waals surface area contributed by atoms with E-state index in [1.165, 1.54) is 18.4 Å². The molecule has 14 heavy (non-hydrogen) atoms. The number of hydrogen-bond acceptors (Lipinski definition) is 3. The molecular weight excluding hydrogens is 174 g/mol. The monoisotopic (exact) mass is 193 g/mol. The van der Waals surface area contributed by atoms with Crippen LogP contribution in [0.5, 0.6) is 0 Å². The third kappa shape index (κ3) is 2.69. The fourth-order valence-electron chi connectivity index (χ4n) is 1.31. The lowest BCUT2D eigenvalue weighted by atomic mass is 10.1. The van der Waals surface area contributed by atoms with Crippen molar-refractivity contribution in [2.75, 3.05) is 19.0 Å². The Balaban J connectivity index is 2.79. The summed E-state index contributed by atoms with van der Waals surface area (Å²) in [6.07, 6.45) is 5.48. The van der Waals surface area contributed by atoms with E-state index in [1.807, 2.05) is 25.2 Å². The Labute approximate surface area is 86.2 Å². The summed E-state index contributed by atoms with van der Waals surface area (Å²) in [5.74, 6) is 0.794. The van der Waals surface area contributed by atoms with Crippen LogP contribution in [0.15, 0.2) is 6.20 Å². The minimum Gasteiger partial charge on any atom is -0.347 e. The highest BCUT2D eigenvalue weighted by molar-refractivity contribution is 5.30. The van der Waals surface area contributed by atoms with Crippen LogP contribution in [-0.4, -0.2) is 24.1 Å². The van der Waals surface area contributed by atoms with E-state index in [4.69, 9.17) is 0 Å². The van der Waals surface area contributed by atoms with Gasteiger partial charge in [0.2, 0.25) is 5.95 Å². The number of nitrogens with zero attached hydrogens (tertiary/aromatic N) is 3. The molecule has 0 unspecified atom stereocenters. The normalized spacial score (nSPS) is 10.3. The van der Waals surface area contributed by atoms with Gasteiger partial charge in [0, 0.05) is 26.0 Å². The van der Waals surface area contributed by atoms with Crippen LogP contribution in [0.25, 0.3) is 0 Å². The average molecular weight is 193 g/mol. The van der Waals surface area contributed by atoms with Crippen LogP contribution < -0.4 is 4.90 Å². The topological polar surface area (TPSA) is 29.0 Å². The molecule has 1 rings (SSSR count). The number of aromatic nitrogens is 2.